The molecule has 6 heteroatoms. The zero-order valence-corrected chi connectivity index (χ0v) is 15.1. The molecular weight excluding hydrogens is 322 g/mol. The van der Waals surface area contributed by atoms with E-state index in [0.29, 0.717) is 12.8 Å². The van der Waals surface area contributed by atoms with E-state index in [1.54, 1.807) is 11.3 Å². The zero-order valence-electron chi connectivity index (χ0n) is 14.3. The number of nitrogens with zero attached hydrogens (tertiary/aromatic N) is 1. The Bertz CT molecular complexity index is 695. The number of rotatable bonds is 7. The number of benzene rings is 1. The highest BCUT2D eigenvalue weighted by atomic mass is 32.1. The van der Waals surface area contributed by atoms with E-state index in [9.17, 15) is 9.59 Å². The van der Waals surface area contributed by atoms with Gasteiger partial charge in [0.2, 0.25) is 11.8 Å². The molecule has 0 fully saturated rings. The SMILES string of the molecule is CCCC(=O)Nc1ccc(CC(=O)N[C@@H](C)c2csc(C)n2)cc1. The Hall–Kier alpha value is -2.21. The summed E-state index contributed by atoms with van der Waals surface area (Å²) in [6.07, 6.45) is 1.63. The van der Waals surface area contributed by atoms with Gasteiger partial charge < -0.3 is 10.6 Å². The highest BCUT2D eigenvalue weighted by Gasteiger charge is 2.12. The van der Waals surface area contributed by atoms with Crippen LogP contribution in [0.25, 0.3) is 0 Å². The lowest BCUT2D eigenvalue weighted by Crippen LogP contribution is -2.28. The first-order valence-electron chi connectivity index (χ1n) is 8.08. The Morgan fingerprint density at radius 2 is 1.92 bits per heavy atom. The van der Waals surface area contributed by atoms with E-state index in [1.807, 2.05) is 50.4 Å². The van der Waals surface area contributed by atoms with E-state index in [0.717, 1.165) is 28.4 Å². The molecule has 1 atom stereocenters. The highest BCUT2D eigenvalue weighted by molar-refractivity contribution is 7.09. The molecule has 0 saturated carbocycles. The molecule has 5 nitrogen and oxygen atoms in total. The average Bonchev–Trinajstić information content (AvgIpc) is 2.96. The van der Waals surface area contributed by atoms with Crippen LogP contribution in [0.1, 0.15) is 49.0 Å². The Morgan fingerprint density at radius 1 is 1.21 bits per heavy atom. The number of carbonyl (C=O) groups excluding carboxylic acids is 2. The minimum absolute atomic E-state index is 0.00961. The second-order valence-electron chi connectivity index (χ2n) is 5.75. The van der Waals surface area contributed by atoms with Gasteiger partial charge in [-0.2, -0.15) is 0 Å². The van der Waals surface area contributed by atoms with Crippen molar-refractivity contribution in [3.63, 3.8) is 0 Å². The van der Waals surface area contributed by atoms with Crippen molar-refractivity contribution in [2.45, 2.75) is 46.1 Å². The largest absolute Gasteiger partial charge is 0.348 e. The van der Waals surface area contributed by atoms with E-state index in [2.05, 4.69) is 15.6 Å². The summed E-state index contributed by atoms with van der Waals surface area (Å²) in [4.78, 5) is 28.1. The fourth-order valence-electron chi connectivity index (χ4n) is 2.29. The molecule has 2 rings (SSSR count). The normalized spacial score (nSPS) is 11.8. The number of amides is 2. The Labute approximate surface area is 146 Å². The van der Waals surface area contributed by atoms with Crippen LogP contribution in [0, 0.1) is 6.92 Å². The molecule has 0 saturated heterocycles. The van der Waals surface area contributed by atoms with Crippen LogP contribution in [0.3, 0.4) is 0 Å². The summed E-state index contributed by atoms with van der Waals surface area (Å²) in [7, 11) is 0. The van der Waals surface area contributed by atoms with Crippen LogP contribution in [0.5, 0.6) is 0 Å². The lowest BCUT2D eigenvalue weighted by Gasteiger charge is -2.12. The molecule has 0 aliphatic heterocycles. The van der Waals surface area contributed by atoms with Crippen LogP contribution in [0.4, 0.5) is 5.69 Å². The minimum atomic E-state index is -0.102. The molecule has 2 aromatic rings. The van der Waals surface area contributed by atoms with Crippen LogP contribution >= 0.6 is 11.3 Å². The molecule has 1 aromatic heterocycles. The van der Waals surface area contributed by atoms with Crippen LogP contribution in [-0.4, -0.2) is 16.8 Å². The highest BCUT2D eigenvalue weighted by Crippen LogP contribution is 2.16. The van der Waals surface area contributed by atoms with Crippen LogP contribution in [0.2, 0.25) is 0 Å². The number of carbonyl (C=O) groups is 2. The molecular formula is C18H23N3O2S. The van der Waals surface area contributed by atoms with Crippen molar-refractivity contribution >= 4 is 28.8 Å². The second kappa shape index (κ2) is 8.59. The maximum atomic E-state index is 12.1. The van der Waals surface area contributed by atoms with Crippen molar-refractivity contribution in [3.8, 4) is 0 Å². The van der Waals surface area contributed by atoms with E-state index in [1.165, 1.54) is 0 Å². The number of aromatic nitrogens is 1. The molecule has 2 amide bonds. The van der Waals surface area contributed by atoms with E-state index in [-0.39, 0.29) is 17.9 Å². The number of anilines is 1. The molecule has 0 aliphatic carbocycles. The van der Waals surface area contributed by atoms with Gasteiger partial charge in [-0.05, 0) is 38.0 Å². The monoisotopic (exact) mass is 345 g/mol. The molecule has 2 N–H and O–H groups in total. The van der Waals surface area contributed by atoms with E-state index in [4.69, 9.17) is 0 Å². The molecule has 1 heterocycles. The quantitative estimate of drug-likeness (QED) is 0.805. The lowest BCUT2D eigenvalue weighted by atomic mass is 10.1. The first kappa shape index (κ1) is 18.1. The summed E-state index contributed by atoms with van der Waals surface area (Å²) in [5, 5.41) is 8.75. The van der Waals surface area contributed by atoms with E-state index < -0.39 is 0 Å². The Balaban J connectivity index is 1.86. The van der Waals surface area contributed by atoms with Gasteiger partial charge in [0.25, 0.3) is 0 Å². The third-order valence-corrected chi connectivity index (χ3v) is 4.33. The number of hydrogen-bond acceptors (Lipinski definition) is 4. The average molecular weight is 345 g/mol. The molecule has 0 bridgehead atoms. The van der Waals surface area contributed by atoms with Gasteiger partial charge in [-0.15, -0.1) is 11.3 Å². The number of aryl methyl sites for hydroxylation is 1. The maximum absolute atomic E-state index is 12.1. The summed E-state index contributed by atoms with van der Waals surface area (Å²) >= 11 is 1.58. The standard InChI is InChI=1S/C18H23N3O2S/c1-4-5-17(22)21-15-8-6-14(7-9-15)10-18(23)19-12(2)16-11-24-13(3)20-16/h6-9,11-12H,4-5,10H2,1-3H3,(H,19,23)(H,21,22)/t12-/m0/s1. The van der Waals surface area contributed by atoms with Crippen LogP contribution in [-0.2, 0) is 16.0 Å². The molecule has 0 radical (unpaired) electrons. The molecule has 1 aromatic carbocycles. The van der Waals surface area contributed by atoms with Gasteiger partial charge in [-0.3, -0.25) is 9.59 Å². The third-order valence-electron chi connectivity index (χ3n) is 3.54. The van der Waals surface area contributed by atoms with Gasteiger partial charge in [0.1, 0.15) is 0 Å². The van der Waals surface area contributed by atoms with Gasteiger partial charge >= 0.3 is 0 Å². The first-order chi connectivity index (χ1) is 11.5. The minimum Gasteiger partial charge on any atom is -0.348 e. The number of hydrogen-bond donors (Lipinski definition) is 2. The van der Waals surface area contributed by atoms with E-state index >= 15 is 0 Å². The predicted molar refractivity (Wildman–Crippen MR) is 97.1 cm³/mol. The van der Waals surface area contributed by atoms with Crippen molar-refractivity contribution in [1.29, 1.82) is 0 Å². The summed E-state index contributed by atoms with van der Waals surface area (Å²) in [5.41, 5.74) is 2.55. The fourth-order valence-corrected chi connectivity index (χ4v) is 2.99. The first-order valence-corrected chi connectivity index (χ1v) is 8.96. The lowest BCUT2D eigenvalue weighted by molar-refractivity contribution is -0.121. The summed E-state index contributed by atoms with van der Waals surface area (Å²) < 4.78 is 0. The van der Waals surface area contributed by atoms with Gasteiger partial charge in [0.15, 0.2) is 0 Å². The molecule has 0 aliphatic rings. The third kappa shape index (κ3) is 5.45. The smallest absolute Gasteiger partial charge is 0.224 e. The topological polar surface area (TPSA) is 71.1 Å². The summed E-state index contributed by atoms with van der Waals surface area (Å²) in [5.74, 6) is -0.0358. The van der Waals surface area contributed by atoms with Crippen molar-refractivity contribution in [2.24, 2.45) is 0 Å². The van der Waals surface area contributed by atoms with Crippen molar-refractivity contribution < 1.29 is 9.59 Å². The van der Waals surface area contributed by atoms with Gasteiger partial charge in [0.05, 0.1) is 23.2 Å². The van der Waals surface area contributed by atoms with Crippen LogP contribution in [0.15, 0.2) is 29.6 Å². The van der Waals surface area contributed by atoms with Crippen molar-refractivity contribution in [1.82, 2.24) is 10.3 Å². The predicted octanol–water partition coefficient (Wildman–Crippen LogP) is 3.61. The number of nitrogens with one attached hydrogen (secondary N) is 2. The molecule has 0 spiro atoms. The molecule has 24 heavy (non-hydrogen) atoms. The maximum Gasteiger partial charge on any atom is 0.224 e. The fraction of sp³-hybridized carbons (Fsp3) is 0.389. The summed E-state index contributed by atoms with van der Waals surface area (Å²) in [6.45, 7) is 5.84. The second-order valence-corrected chi connectivity index (χ2v) is 6.81. The van der Waals surface area contributed by atoms with Gasteiger partial charge in [-0.1, -0.05) is 19.1 Å². The van der Waals surface area contributed by atoms with Crippen molar-refractivity contribution in [2.75, 3.05) is 5.32 Å². The van der Waals surface area contributed by atoms with Crippen LogP contribution < -0.4 is 10.6 Å². The Morgan fingerprint density at radius 3 is 2.50 bits per heavy atom. The number of thiazole rings is 1. The van der Waals surface area contributed by atoms with Crippen molar-refractivity contribution in [3.05, 3.63) is 45.9 Å². The Kier molecular flexibility index (Phi) is 6.49. The summed E-state index contributed by atoms with van der Waals surface area (Å²) in [6, 6.07) is 7.26. The molecule has 128 valence electrons. The van der Waals surface area contributed by atoms with Gasteiger partial charge in [0, 0.05) is 17.5 Å². The van der Waals surface area contributed by atoms with Gasteiger partial charge in [-0.25, -0.2) is 4.98 Å². The zero-order chi connectivity index (χ0) is 17.5. The molecule has 0 unspecified atom stereocenters.